The van der Waals surface area contributed by atoms with Crippen LogP contribution in [0.1, 0.15) is 264 Å². The lowest BCUT2D eigenvalue weighted by Gasteiger charge is -2.56. The van der Waals surface area contributed by atoms with Crippen LogP contribution < -0.4 is 0 Å². The number of methoxy groups -OCH3 is 1. The average molecular weight is 1540 g/mol. The second-order valence-corrected chi connectivity index (χ2v) is 69.5. The summed E-state index contributed by atoms with van der Waals surface area (Å²) in [7, 11) is -12.6. The van der Waals surface area contributed by atoms with Crippen molar-refractivity contribution in [1.29, 1.82) is 0 Å². The van der Waals surface area contributed by atoms with Crippen LogP contribution in [-0.4, -0.2) is 137 Å². The second-order valence-electron chi connectivity index (χ2n) is 39.6. The van der Waals surface area contributed by atoms with Gasteiger partial charge in [-0.25, -0.2) is 0 Å². The molecule has 1 aromatic carbocycles. The van der Waals surface area contributed by atoms with Gasteiger partial charge >= 0.3 is 5.97 Å². The molecule has 0 aliphatic carbocycles. The highest BCUT2D eigenvalue weighted by atomic mass is 28.4. The topological polar surface area (TPSA) is 119 Å². The molecule has 0 radical (unpaired) electrons. The number of hydrogen-bond donors (Lipinski definition) is 0. The number of fused-ring (bicyclic) bond motifs is 4. The summed E-state index contributed by atoms with van der Waals surface area (Å²) in [5.41, 5.74) is 5.09. The van der Waals surface area contributed by atoms with E-state index < -0.39 is 90.9 Å². The Balaban J connectivity index is 2.24. The molecule has 0 N–H and O–H groups in total. The van der Waals surface area contributed by atoms with E-state index in [-0.39, 0.29) is 58.0 Å². The number of ether oxygens (including phenoxy) is 5. The number of esters is 1. The minimum absolute atomic E-state index is 0.0224. The number of carbonyl (C=O) groups is 1. The molecule has 3 aliphatic heterocycles. The molecule has 10 atom stereocenters. The smallest absolute Gasteiger partial charge is 0.308 e. The highest BCUT2D eigenvalue weighted by Crippen LogP contribution is 2.53. The van der Waals surface area contributed by atoms with Crippen molar-refractivity contribution in [3.05, 3.63) is 71.3 Å². The van der Waals surface area contributed by atoms with Crippen molar-refractivity contribution in [3.8, 4) is 0 Å². The van der Waals surface area contributed by atoms with E-state index in [1.807, 2.05) is 0 Å². The molecule has 598 valence electrons. The van der Waals surface area contributed by atoms with Gasteiger partial charge in [0.15, 0.2) is 39.1 Å². The van der Waals surface area contributed by atoms with Gasteiger partial charge in [0.1, 0.15) is 6.10 Å². The normalized spacial score (nSPS) is 27.1. The fourth-order valence-electron chi connectivity index (χ4n) is 17.0. The molecule has 18 heteroatoms. The predicted molar refractivity (Wildman–Crippen MR) is 451 cm³/mol. The molecular formula is C85H162O12Si6. The second kappa shape index (κ2) is 37.9. The van der Waals surface area contributed by atoms with Gasteiger partial charge in [0.05, 0.1) is 75.1 Å². The first-order valence-electron chi connectivity index (χ1n) is 40.9. The zero-order chi connectivity index (χ0) is 78.7. The van der Waals surface area contributed by atoms with Gasteiger partial charge in [-0.05, 0) is 150 Å². The summed E-state index contributed by atoms with van der Waals surface area (Å²) in [6, 6.07) is 13.5. The number of cyclic esters (lactones) is 1. The van der Waals surface area contributed by atoms with Crippen molar-refractivity contribution < 1.29 is 55.0 Å². The molecule has 3 heterocycles. The van der Waals surface area contributed by atoms with Crippen molar-refractivity contribution in [3.63, 3.8) is 0 Å². The fourth-order valence-corrected chi connectivity index (χ4v) is 34.9. The third-order valence-electron chi connectivity index (χ3n) is 26.8. The first kappa shape index (κ1) is 94.2. The van der Waals surface area contributed by atoms with Crippen molar-refractivity contribution in [2.75, 3.05) is 20.3 Å². The molecular weight excluding hydrogens is 1380 g/mol. The highest BCUT2D eigenvalue weighted by molar-refractivity contribution is 6.78. The molecule has 2 fully saturated rings. The van der Waals surface area contributed by atoms with Crippen LogP contribution in [0.15, 0.2) is 65.8 Å². The molecule has 3 aliphatic rings. The highest BCUT2D eigenvalue weighted by Gasteiger charge is 2.59. The van der Waals surface area contributed by atoms with E-state index in [0.29, 0.717) is 98.0 Å². The molecule has 2 saturated heterocycles. The summed E-state index contributed by atoms with van der Waals surface area (Å²) in [5.74, 6) is -1.52. The average Bonchev–Trinajstić information content (AvgIpc) is 0.740. The molecule has 4 bridgehead atoms. The monoisotopic (exact) mass is 1540 g/mol. The van der Waals surface area contributed by atoms with Gasteiger partial charge in [-0.2, -0.15) is 0 Å². The van der Waals surface area contributed by atoms with Crippen LogP contribution in [0.4, 0.5) is 0 Å². The Kier molecular flexibility index (Phi) is 34.6. The van der Waals surface area contributed by atoms with E-state index >= 15 is 4.79 Å². The number of benzene rings is 1. The van der Waals surface area contributed by atoms with E-state index in [1.54, 1.807) is 7.11 Å². The van der Waals surface area contributed by atoms with Crippen LogP contribution in [-0.2, 0) is 61.6 Å². The maximum atomic E-state index is 15.9. The summed E-state index contributed by atoms with van der Waals surface area (Å²) in [4.78, 5) is 15.9. The maximum Gasteiger partial charge on any atom is 0.308 e. The maximum absolute atomic E-state index is 15.9. The number of hydrogen-bond acceptors (Lipinski definition) is 12. The number of rotatable bonds is 28. The van der Waals surface area contributed by atoms with Crippen molar-refractivity contribution in [1.82, 2.24) is 0 Å². The standard InChI is InChI=1S/C85H162O12Si6/c1-37-101(38-2,39-3)97-77-54-70(47-50-90-103(64(10)11,65(12)13)66(14)15)52-73(95-99(33,34)81(20,21)22)56-76(67(16)94-98(31,32)80(17,18)19)92-79(86)58-74(96-100(35,36)82(23,24)25)55-72-57-78(88-60-68-43-41-40-42-44-68)84(28,29)85(87-30,93-72)59-75-53-69(51-71(91-75)45-48-83(77,26)27)46-49-89-102(61(4)5,62(6)7)63(8)9/h40-48,61-67,71-78H,37-39,49-60H2,1-36H3/b48-45+,69-46+,70-47+/t67-,71+,72-,73+,74-,75+,76-,77?,78+,85+/m1/s1. The van der Waals surface area contributed by atoms with E-state index in [1.165, 1.54) is 11.1 Å². The first-order chi connectivity index (χ1) is 47.1. The quantitative estimate of drug-likeness (QED) is 0.0451. The summed E-state index contributed by atoms with van der Waals surface area (Å²) in [6.07, 6.45) is 10.6. The Hall–Kier alpha value is -1.19. The molecule has 103 heavy (non-hydrogen) atoms. The van der Waals surface area contributed by atoms with E-state index in [9.17, 15) is 0 Å². The van der Waals surface area contributed by atoms with Gasteiger partial charge in [-0.15, -0.1) is 0 Å². The van der Waals surface area contributed by atoms with Gasteiger partial charge in [-0.3, -0.25) is 4.79 Å². The minimum atomic E-state index is -2.58. The molecule has 0 spiro atoms. The Labute approximate surface area is 641 Å². The SMILES string of the molecule is CC[Si](CC)(CC)OC1C/C(=C/CO[Si](C(C)C)(C(C)C)C(C)C)C[C@H](O[Si](C)(C)C(C)(C)C)C[C@H]([C@@H](C)O[Si](C)(C)C(C)(C)C)OC(=O)C[C@H](O[Si](C)(C)C(C)(C)C)C[C@@H]2C[C@H](OCc3ccccc3)C(C)(C)[C@](OC)(C[C@@H]3C/C(=C/CO[Si](C(C)C)(C(C)C)C(C)C)C[C@H](/C=C/C1(C)C)O3)O2. The van der Waals surface area contributed by atoms with Crippen LogP contribution in [0.5, 0.6) is 0 Å². The van der Waals surface area contributed by atoms with Crippen LogP contribution in [0.2, 0.25) is 106 Å². The van der Waals surface area contributed by atoms with E-state index in [4.69, 9.17) is 50.2 Å². The third kappa shape index (κ3) is 24.2. The molecule has 1 aromatic rings. The molecule has 0 amide bonds. The van der Waals surface area contributed by atoms with E-state index in [0.717, 1.165) is 30.1 Å². The summed E-state index contributed by atoms with van der Waals surface area (Å²) >= 11 is 0. The van der Waals surface area contributed by atoms with Crippen molar-refractivity contribution in [2.24, 2.45) is 10.8 Å². The largest absolute Gasteiger partial charge is 0.459 e. The van der Waals surface area contributed by atoms with Crippen LogP contribution in [0.3, 0.4) is 0 Å². The lowest BCUT2D eigenvalue weighted by atomic mass is 9.70. The van der Waals surface area contributed by atoms with Crippen molar-refractivity contribution in [2.45, 2.75) is 432 Å². The minimum Gasteiger partial charge on any atom is -0.459 e. The first-order valence-corrected chi connectivity index (χ1v) is 56.4. The van der Waals surface area contributed by atoms with Gasteiger partial charge in [0.2, 0.25) is 16.6 Å². The summed E-state index contributed by atoms with van der Waals surface area (Å²) in [6.45, 7) is 83.0. The summed E-state index contributed by atoms with van der Waals surface area (Å²) < 4.78 is 82.8. The van der Waals surface area contributed by atoms with Gasteiger partial charge in [0.25, 0.3) is 0 Å². The zero-order valence-corrected chi connectivity index (χ0v) is 79.4. The lowest BCUT2D eigenvalue weighted by Crippen LogP contribution is -2.63. The van der Waals surface area contributed by atoms with Crippen LogP contribution in [0.25, 0.3) is 0 Å². The molecule has 4 rings (SSSR count). The van der Waals surface area contributed by atoms with E-state index in [2.05, 4.69) is 295 Å². The molecule has 12 nitrogen and oxygen atoms in total. The van der Waals surface area contributed by atoms with Gasteiger partial charge in [-0.1, -0.05) is 260 Å². The molecule has 0 saturated carbocycles. The Morgan fingerprint density at radius 1 is 0.553 bits per heavy atom. The Morgan fingerprint density at radius 3 is 1.45 bits per heavy atom. The van der Waals surface area contributed by atoms with Gasteiger partial charge in [0, 0.05) is 37.2 Å². The third-order valence-corrected chi connectivity index (χ3v) is 57.2. The molecule has 1 unspecified atom stereocenters. The molecule has 0 aromatic heterocycles. The fraction of sp³-hybridized carbons (Fsp3) is 0.847. The predicted octanol–water partition coefficient (Wildman–Crippen LogP) is 24.9. The number of carbonyl (C=O) groups excluding carboxylic acids is 1. The van der Waals surface area contributed by atoms with Crippen LogP contribution in [0, 0.1) is 10.8 Å². The summed E-state index contributed by atoms with van der Waals surface area (Å²) in [5, 5.41) is -0.395. The van der Waals surface area contributed by atoms with Crippen LogP contribution >= 0.6 is 0 Å². The van der Waals surface area contributed by atoms with Crippen molar-refractivity contribution >= 4 is 55.9 Å². The zero-order valence-electron chi connectivity index (χ0n) is 73.4. The Bertz CT molecular complexity index is 2770. The Morgan fingerprint density at radius 2 is 1.01 bits per heavy atom. The lowest BCUT2D eigenvalue weighted by molar-refractivity contribution is -0.362. The van der Waals surface area contributed by atoms with Gasteiger partial charge < -0.3 is 50.2 Å².